The van der Waals surface area contributed by atoms with Gasteiger partial charge in [-0.1, -0.05) is 23.8 Å². The van der Waals surface area contributed by atoms with Gasteiger partial charge in [-0.3, -0.25) is 4.72 Å². The topological polar surface area (TPSA) is 46.2 Å². The highest BCUT2D eigenvalue weighted by atomic mass is 32.2. The van der Waals surface area contributed by atoms with Crippen LogP contribution in [0.1, 0.15) is 16.7 Å². The van der Waals surface area contributed by atoms with Crippen molar-refractivity contribution in [2.45, 2.75) is 25.7 Å². The Balaban J connectivity index is 2.44. The van der Waals surface area contributed by atoms with Crippen LogP contribution in [0, 0.1) is 26.6 Å². The molecule has 2 aromatic rings. The second kappa shape index (κ2) is 5.25. The lowest BCUT2D eigenvalue weighted by Gasteiger charge is -2.14. The summed E-state index contributed by atoms with van der Waals surface area (Å²) in [5.41, 5.74) is 3.28. The van der Waals surface area contributed by atoms with Crippen molar-refractivity contribution in [1.82, 2.24) is 0 Å². The molecule has 0 aromatic heterocycles. The molecule has 1 N–H and O–H groups in total. The van der Waals surface area contributed by atoms with Gasteiger partial charge >= 0.3 is 0 Å². The van der Waals surface area contributed by atoms with E-state index in [0.29, 0.717) is 5.69 Å². The van der Waals surface area contributed by atoms with E-state index in [1.54, 1.807) is 0 Å². The average molecular weight is 293 g/mol. The quantitative estimate of drug-likeness (QED) is 0.940. The maximum absolute atomic E-state index is 13.2. The molecule has 0 aliphatic carbocycles. The standard InChI is InChI=1S/C15H16FNO2S/c1-10-7-11(2)15(12(3)8-10)17-20(18,19)14-6-4-5-13(16)9-14/h4-9,17H,1-3H3. The first-order chi connectivity index (χ1) is 9.29. The Kier molecular flexibility index (Phi) is 3.81. The normalized spacial score (nSPS) is 11.4. The number of aryl methyl sites for hydroxylation is 3. The Bertz CT molecular complexity index is 731. The summed E-state index contributed by atoms with van der Waals surface area (Å²) in [6.45, 7) is 5.62. The van der Waals surface area contributed by atoms with Crippen molar-refractivity contribution in [3.8, 4) is 0 Å². The van der Waals surface area contributed by atoms with Gasteiger partial charge in [0, 0.05) is 0 Å². The van der Waals surface area contributed by atoms with E-state index in [2.05, 4.69) is 4.72 Å². The van der Waals surface area contributed by atoms with Crippen LogP contribution in [0.4, 0.5) is 10.1 Å². The summed E-state index contributed by atoms with van der Waals surface area (Å²) < 4.78 is 40.2. The Morgan fingerprint density at radius 2 is 1.60 bits per heavy atom. The van der Waals surface area contributed by atoms with Gasteiger partial charge in [0.15, 0.2) is 0 Å². The maximum Gasteiger partial charge on any atom is 0.262 e. The van der Waals surface area contributed by atoms with Gasteiger partial charge in [-0.2, -0.15) is 0 Å². The largest absolute Gasteiger partial charge is 0.279 e. The van der Waals surface area contributed by atoms with Gasteiger partial charge in [0.2, 0.25) is 0 Å². The second-order valence-corrected chi connectivity index (χ2v) is 6.52. The Labute approximate surface area is 118 Å². The van der Waals surface area contributed by atoms with E-state index in [1.807, 2.05) is 32.9 Å². The fourth-order valence-electron chi connectivity index (χ4n) is 2.17. The van der Waals surface area contributed by atoms with E-state index < -0.39 is 15.8 Å². The lowest BCUT2D eigenvalue weighted by molar-refractivity contribution is 0.595. The van der Waals surface area contributed by atoms with E-state index in [-0.39, 0.29) is 4.90 Å². The van der Waals surface area contributed by atoms with E-state index in [4.69, 9.17) is 0 Å². The number of benzene rings is 2. The number of hydrogen-bond donors (Lipinski definition) is 1. The van der Waals surface area contributed by atoms with Crippen molar-refractivity contribution in [3.05, 3.63) is 58.9 Å². The third kappa shape index (κ3) is 2.99. The zero-order chi connectivity index (χ0) is 14.9. The van der Waals surface area contributed by atoms with Crippen molar-refractivity contribution in [2.75, 3.05) is 4.72 Å². The van der Waals surface area contributed by atoms with E-state index >= 15 is 0 Å². The number of anilines is 1. The predicted molar refractivity (Wildman–Crippen MR) is 77.9 cm³/mol. The molecule has 0 unspecified atom stereocenters. The molecule has 0 heterocycles. The summed E-state index contributed by atoms with van der Waals surface area (Å²) in [5.74, 6) is -0.578. The SMILES string of the molecule is Cc1cc(C)c(NS(=O)(=O)c2cccc(F)c2)c(C)c1. The molecule has 0 aliphatic rings. The zero-order valence-electron chi connectivity index (χ0n) is 11.6. The van der Waals surface area contributed by atoms with Crippen molar-refractivity contribution < 1.29 is 12.8 Å². The van der Waals surface area contributed by atoms with Crippen LogP contribution in [0.15, 0.2) is 41.3 Å². The molecule has 20 heavy (non-hydrogen) atoms. The minimum Gasteiger partial charge on any atom is -0.279 e. The monoisotopic (exact) mass is 293 g/mol. The molecule has 0 aliphatic heterocycles. The van der Waals surface area contributed by atoms with Crippen LogP contribution in [0.3, 0.4) is 0 Å². The Hall–Kier alpha value is -1.88. The van der Waals surface area contributed by atoms with Crippen LogP contribution in [0.5, 0.6) is 0 Å². The first-order valence-electron chi connectivity index (χ1n) is 6.16. The van der Waals surface area contributed by atoms with Gasteiger partial charge in [-0.25, -0.2) is 12.8 Å². The number of halogens is 1. The molecular formula is C15H16FNO2S. The molecule has 0 saturated carbocycles. The molecule has 0 radical (unpaired) electrons. The van der Waals surface area contributed by atoms with Crippen molar-refractivity contribution >= 4 is 15.7 Å². The third-order valence-corrected chi connectivity index (χ3v) is 4.37. The second-order valence-electron chi connectivity index (χ2n) is 4.84. The number of sulfonamides is 1. The molecule has 0 fully saturated rings. The van der Waals surface area contributed by atoms with Gasteiger partial charge < -0.3 is 0 Å². The highest BCUT2D eigenvalue weighted by molar-refractivity contribution is 7.92. The number of hydrogen-bond acceptors (Lipinski definition) is 2. The lowest BCUT2D eigenvalue weighted by Crippen LogP contribution is -2.15. The molecule has 106 valence electrons. The van der Waals surface area contributed by atoms with Gasteiger partial charge in [-0.15, -0.1) is 0 Å². The summed E-state index contributed by atoms with van der Waals surface area (Å²) >= 11 is 0. The molecule has 0 spiro atoms. The number of nitrogens with one attached hydrogen (secondary N) is 1. The molecule has 5 heteroatoms. The van der Waals surface area contributed by atoms with Crippen LogP contribution in [-0.4, -0.2) is 8.42 Å². The molecule has 0 bridgehead atoms. The molecular weight excluding hydrogens is 277 g/mol. The first-order valence-corrected chi connectivity index (χ1v) is 7.64. The zero-order valence-corrected chi connectivity index (χ0v) is 12.4. The van der Waals surface area contributed by atoms with Gasteiger partial charge in [0.25, 0.3) is 10.0 Å². The minimum absolute atomic E-state index is 0.0862. The fourth-order valence-corrected chi connectivity index (χ4v) is 3.40. The number of rotatable bonds is 3. The summed E-state index contributed by atoms with van der Waals surface area (Å²) in [4.78, 5) is -0.0862. The summed E-state index contributed by atoms with van der Waals surface area (Å²) in [5, 5.41) is 0. The molecule has 0 atom stereocenters. The van der Waals surface area contributed by atoms with Crippen molar-refractivity contribution in [1.29, 1.82) is 0 Å². The minimum atomic E-state index is -3.78. The van der Waals surface area contributed by atoms with Crippen molar-refractivity contribution in [3.63, 3.8) is 0 Å². The average Bonchev–Trinajstić information content (AvgIpc) is 2.34. The molecule has 3 nitrogen and oxygen atoms in total. The van der Waals surface area contributed by atoms with E-state index in [1.165, 1.54) is 18.2 Å². The van der Waals surface area contributed by atoms with Gasteiger partial charge in [-0.05, 0) is 50.1 Å². The molecule has 2 rings (SSSR count). The summed E-state index contributed by atoms with van der Waals surface area (Å²) in [6.07, 6.45) is 0. The van der Waals surface area contributed by atoms with Crippen LogP contribution in [0.25, 0.3) is 0 Å². The fraction of sp³-hybridized carbons (Fsp3) is 0.200. The highest BCUT2D eigenvalue weighted by Gasteiger charge is 2.17. The molecule has 0 amide bonds. The van der Waals surface area contributed by atoms with Crippen LogP contribution < -0.4 is 4.72 Å². The summed E-state index contributed by atoms with van der Waals surface area (Å²) in [7, 11) is -3.78. The van der Waals surface area contributed by atoms with Crippen LogP contribution >= 0.6 is 0 Å². The molecule has 0 saturated heterocycles. The maximum atomic E-state index is 13.2. The highest BCUT2D eigenvalue weighted by Crippen LogP contribution is 2.25. The van der Waals surface area contributed by atoms with Crippen LogP contribution in [-0.2, 0) is 10.0 Å². The van der Waals surface area contributed by atoms with Gasteiger partial charge in [0.1, 0.15) is 5.82 Å². The first kappa shape index (κ1) is 14.5. The Morgan fingerprint density at radius 3 is 2.15 bits per heavy atom. The van der Waals surface area contributed by atoms with Crippen LogP contribution in [0.2, 0.25) is 0 Å². The van der Waals surface area contributed by atoms with E-state index in [9.17, 15) is 12.8 Å². The Morgan fingerprint density at radius 1 is 1.00 bits per heavy atom. The van der Waals surface area contributed by atoms with Gasteiger partial charge in [0.05, 0.1) is 10.6 Å². The molecule has 2 aromatic carbocycles. The van der Waals surface area contributed by atoms with E-state index in [0.717, 1.165) is 22.8 Å². The third-order valence-electron chi connectivity index (χ3n) is 3.02. The van der Waals surface area contributed by atoms with Crippen molar-refractivity contribution in [2.24, 2.45) is 0 Å². The predicted octanol–water partition coefficient (Wildman–Crippen LogP) is 3.55. The lowest BCUT2D eigenvalue weighted by atomic mass is 10.1. The smallest absolute Gasteiger partial charge is 0.262 e. The summed E-state index contributed by atoms with van der Waals surface area (Å²) in [6, 6.07) is 8.75.